The zero-order valence-corrected chi connectivity index (χ0v) is 19.8. The van der Waals surface area contributed by atoms with Crippen LogP contribution in [0.15, 0.2) is 29.2 Å². The van der Waals surface area contributed by atoms with E-state index in [-0.39, 0.29) is 4.90 Å². The van der Waals surface area contributed by atoms with Crippen molar-refractivity contribution in [3.8, 4) is 0 Å². The van der Waals surface area contributed by atoms with E-state index in [1.165, 1.54) is 87.7 Å². The standard InChI is InChI=1S/C16H36NO.C7H8O3S/c1-4-7-12-17(13-8-5-2,14-9-6-3)15-10-11-16-18;1-6-2-4-7(5-3-6)11(8,9)10/h18H,4-16H2,1-3H3;2-5H,1H3,(H,8,9,10)/q+1;/p-1. The topological polar surface area (TPSA) is 77.4 Å². The molecule has 0 saturated carbocycles. The quantitative estimate of drug-likeness (QED) is 0.260. The highest BCUT2D eigenvalue weighted by Gasteiger charge is 2.24. The van der Waals surface area contributed by atoms with Gasteiger partial charge in [-0.15, -0.1) is 0 Å². The zero-order valence-electron chi connectivity index (χ0n) is 19.0. The Balaban J connectivity index is 0.000000604. The van der Waals surface area contributed by atoms with Crippen LogP contribution in [0, 0.1) is 6.92 Å². The molecular formula is C23H43NO4S. The monoisotopic (exact) mass is 429 g/mol. The fourth-order valence-electron chi connectivity index (χ4n) is 3.42. The average molecular weight is 430 g/mol. The predicted molar refractivity (Wildman–Crippen MR) is 120 cm³/mol. The fraction of sp³-hybridized carbons (Fsp3) is 0.739. The number of aliphatic hydroxyl groups excluding tert-OH is 1. The van der Waals surface area contributed by atoms with Gasteiger partial charge in [0.05, 0.1) is 31.1 Å². The summed E-state index contributed by atoms with van der Waals surface area (Å²) in [7, 11) is -4.27. The second kappa shape index (κ2) is 15.8. The van der Waals surface area contributed by atoms with Gasteiger partial charge in [0.25, 0.3) is 0 Å². The summed E-state index contributed by atoms with van der Waals surface area (Å²) < 4.78 is 32.5. The normalized spacial score (nSPS) is 11.8. The molecule has 0 bridgehead atoms. The molecular weight excluding hydrogens is 386 g/mol. The van der Waals surface area contributed by atoms with Gasteiger partial charge in [0.2, 0.25) is 0 Å². The Kier molecular flexibility index (Phi) is 15.3. The molecule has 0 aliphatic heterocycles. The van der Waals surface area contributed by atoms with Crippen LogP contribution in [-0.4, -0.2) is 55.3 Å². The fourth-order valence-corrected chi connectivity index (χ4v) is 3.88. The van der Waals surface area contributed by atoms with Gasteiger partial charge in [-0.2, -0.15) is 0 Å². The largest absolute Gasteiger partial charge is 0.744 e. The number of quaternary nitrogens is 1. The van der Waals surface area contributed by atoms with Crippen LogP contribution in [-0.2, 0) is 10.1 Å². The first-order valence-electron chi connectivity index (χ1n) is 11.2. The summed E-state index contributed by atoms with van der Waals surface area (Å²) in [5.41, 5.74) is 0.928. The van der Waals surface area contributed by atoms with Gasteiger partial charge in [0, 0.05) is 6.61 Å². The van der Waals surface area contributed by atoms with E-state index >= 15 is 0 Å². The molecule has 1 N–H and O–H groups in total. The molecule has 0 spiro atoms. The number of aryl methyl sites for hydroxylation is 1. The predicted octanol–water partition coefficient (Wildman–Crippen LogP) is 4.88. The third-order valence-corrected chi connectivity index (χ3v) is 6.16. The number of benzene rings is 1. The van der Waals surface area contributed by atoms with Crippen LogP contribution in [0.2, 0.25) is 0 Å². The Bertz CT molecular complexity index is 592. The van der Waals surface area contributed by atoms with Crippen LogP contribution in [0.25, 0.3) is 0 Å². The maximum Gasteiger partial charge on any atom is 0.124 e. The van der Waals surface area contributed by atoms with Crippen LogP contribution in [0.4, 0.5) is 0 Å². The first kappa shape index (κ1) is 28.1. The second-order valence-corrected chi connectivity index (χ2v) is 9.37. The van der Waals surface area contributed by atoms with E-state index in [0.717, 1.165) is 12.0 Å². The Morgan fingerprint density at radius 2 is 1.21 bits per heavy atom. The third-order valence-electron chi connectivity index (χ3n) is 5.31. The highest BCUT2D eigenvalue weighted by Crippen LogP contribution is 2.16. The van der Waals surface area contributed by atoms with Gasteiger partial charge in [-0.3, -0.25) is 0 Å². The Hall–Kier alpha value is -0.950. The van der Waals surface area contributed by atoms with E-state index in [1.54, 1.807) is 12.1 Å². The summed E-state index contributed by atoms with van der Waals surface area (Å²) >= 11 is 0. The van der Waals surface area contributed by atoms with Gasteiger partial charge < -0.3 is 14.1 Å². The summed E-state index contributed by atoms with van der Waals surface area (Å²) in [4.78, 5) is -0.178. The van der Waals surface area contributed by atoms with Crippen molar-refractivity contribution in [2.75, 3.05) is 32.8 Å². The van der Waals surface area contributed by atoms with Crippen molar-refractivity contribution in [1.29, 1.82) is 0 Å². The minimum atomic E-state index is -4.27. The molecule has 1 aromatic rings. The Morgan fingerprint density at radius 3 is 1.55 bits per heavy atom. The molecule has 29 heavy (non-hydrogen) atoms. The summed E-state index contributed by atoms with van der Waals surface area (Å²) in [5, 5.41) is 8.98. The number of unbranched alkanes of at least 4 members (excludes halogenated alkanes) is 4. The van der Waals surface area contributed by atoms with Gasteiger partial charge in [0.15, 0.2) is 0 Å². The second-order valence-electron chi connectivity index (χ2n) is 7.99. The number of rotatable bonds is 14. The van der Waals surface area contributed by atoms with Gasteiger partial charge in [0.1, 0.15) is 10.1 Å². The first-order chi connectivity index (χ1) is 13.7. The molecule has 1 rings (SSSR count). The molecule has 170 valence electrons. The molecule has 0 aliphatic rings. The van der Waals surface area contributed by atoms with Crippen molar-refractivity contribution in [3.05, 3.63) is 29.8 Å². The molecule has 1 aromatic carbocycles. The minimum Gasteiger partial charge on any atom is -0.744 e. The Morgan fingerprint density at radius 1 is 0.793 bits per heavy atom. The van der Waals surface area contributed by atoms with E-state index in [4.69, 9.17) is 5.11 Å². The van der Waals surface area contributed by atoms with Crippen molar-refractivity contribution in [2.24, 2.45) is 0 Å². The van der Waals surface area contributed by atoms with Crippen molar-refractivity contribution >= 4 is 10.1 Å². The molecule has 0 atom stereocenters. The van der Waals surface area contributed by atoms with Gasteiger partial charge in [-0.05, 0) is 51.2 Å². The average Bonchev–Trinajstić information content (AvgIpc) is 2.69. The van der Waals surface area contributed by atoms with Gasteiger partial charge in [-0.25, -0.2) is 8.42 Å². The Labute approximate surface area is 179 Å². The van der Waals surface area contributed by atoms with Crippen LogP contribution < -0.4 is 0 Å². The maximum atomic E-state index is 10.4. The van der Waals surface area contributed by atoms with E-state index in [1.807, 2.05) is 6.92 Å². The molecule has 0 aromatic heterocycles. The molecule has 0 heterocycles. The zero-order chi connectivity index (χ0) is 22.2. The summed E-state index contributed by atoms with van der Waals surface area (Å²) in [5.74, 6) is 0. The van der Waals surface area contributed by atoms with E-state index in [0.29, 0.717) is 6.61 Å². The molecule has 0 unspecified atom stereocenters. The smallest absolute Gasteiger partial charge is 0.124 e. The lowest BCUT2D eigenvalue weighted by atomic mass is 10.1. The van der Waals surface area contributed by atoms with Crippen molar-refractivity contribution in [3.63, 3.8) is 0 Å². The van der Waals surface area contributed by atoms with Gasteiger partial charge >= 0.3 is 0 Å². The SMILES string of the molecule is CCCC[N+](CCCC)(CCCC)CCCCO.Cc1ccc(S(=O)(=O)[O-])cc1. The van der Waals surface area contributed by atoms with Crippen LogP contribution in [0.1, 0.15) is 77.7 Å². The van der Waals surface area contributed by atoms with Crippen LogP contribution >= 0.6 is 0 Å². The van der Waals surface area contributed by atoms with Crippen LogP contribution in [0.5, 0.6) is 0 Å². The van der Waals surface area contributed by atoms with Crippen molar-refractivity contribution < 1.29 is 22.6 Å². The van der Waals surface area contributed by atoms with Gasteiger partial charge in [-0.1, -0.05) is 57.7 Å². The lowest BCUT2D eigenvalue weighted by Gasteiger charge is -2.39. The lowest BCUT2D eigenvalue weighted by molar-refractivity contribution is -0.929. The molecule has 0 saturated heterocycles. The number of nitrogens with zero attached hydrogens (tertiary/aromatic N) is 1. The van der Waals surface area contributed by atoms with Crippen molar-refractivity contribution in [1.82, 2.24) is 0 Å². The molecule has 0 aliphatic carbocycles. The highest BCUT2D eigenvalue weighted by molar-refractivity contribution is 7.85. The highest BCUT2D eigenvalue weighted by atomic mass is 32.2. The lowest BCUT2D eigenvalue weighted by Crippen LogP contribution is -2.50. The number of hydrogen-bond donors (Lipinski definition) is 1. The summed E-state index contributed by atoms with van der Waals surface area (Å²) in [6, 6.07) is 5.78. The molecule has 6 heteroatoms. The van der Waals surface area contributed by atoms with Crippen LogP contribution in [0.3, 0.4) is 0 Å². The van der Waals surface area contributed by atoms with E-state index in [9.17, 15) is 13.0 Å². The summed E-state index contributed by atoms with van der Waals surface area (Å²) in [6.07, 6.45) is 10.1. The third kappa shape index (κ3) is 13.1. The molecule has 0 fully saturated rings. The minimum absolute atomic E-state index is 0.178. The van der Waals surface area contributed by atoms with Crippen molar-refractivity contribution in [2.45, 2.75) is 84.0 Å². The molecule has 5 nitrogen and oxygen atoms in total. The van der Waals surface area contributed by atoms with E-state index < -0.39 is 10.1 Å². The molecule has 0 radical (unpaired) electrons. The van der Waals surface area contributed by atoms with E-state index in [2.05, 4.69) is 20.8 Å². The number of aliphatic hydroxyl groups is 1. The summed E-state index contributed by atoms with van der Waals surface area (Å²) in [6.45, 7) is 14.4. The number of hydrogen-bond acceptors (Lipinski definition) is 4. The molecule has 0 amide bonds. The maximum absolute atomic E-state index is 10.4. The first-order valence-corrected chi connectivity index (χ1v) is 12.6.